The standard InChI is InChI=1S/C8H12N2O4S/c1-2-10-5-3-4-6(7(9)11)8(10)15(12,13)14/h3-5,8H,2H2,1H3,(H2,9,11)(H,12,13,14). The van der Waals surface area contributed by atoms with E-state index in [1.807, 2.05) is 0 Å². The highest BCUT2D eigenvalue weighted by atomic mass is 32.2. The molecule has 84 valence electrons. The zero-order chi connectivity index (χ0) is 11.6. The van der Waals surface area contributed by atoms with E-state index in [1.54, 1.807) is 6.92 Å². The third-order valence-corrected chi connectivity index (χ3v) is 3.14. The number of carbonyl (C=O) groups excluding carboxylic acids is 1. The molecule has 0 aromatic heterocycles. The molecule has 0 saturated heterocycles. The Labute approximate surface area is 87.8 Å². The van der Waals surface area contributed by atoms with Gasteiger partial charge in [-0.05, 0) is 19.1 Å². The van der Waals surface area contributed by atoms with Gasteiger partial charge in [0.05, 0.1) is 5.57 Å². The first kappa shape index (κ1) is 11.7. The van der Waals surface area contributed by atoms with Gasteiger partial charge in [-0.15, -0.1) is 0 Å². The maximum Gasteiger partial charge on any atom is 0.290 e. The SMILES string of the molecule is CCN1C=CC=C(C(N)=O)C1S(=O)(=O)O. The molecule has 1 atom stereocenters. The smallest absolute Gasteiger partial charge is 0.290 e. The molecule has 0 spiro atoms. The maximum atomic E-state index is 11.1. The summed E-state index contributed by atoms with van der Waals surface area (Å²) in [7, 11) is -4.38. The van der Waals surface area contributed by atoms with Crippen molar-refractivity contribution in [1.82, 2.24) is 4.90 Å². The molecule has 0 fully saturated rings. The molecule has 0 aromatic rings. The number of amides is 1. The lowest BCUT2D eigenvalue weighted by Gasteiger charge is -2.29. The van der Waals surface area contributed by atoms with Crippen LogP contribution in [0.3, 0.4) is 0 Å². The first-order valence-electron chi connectivity index (χ1n) is 4.28. The number of nitrogens with two attached hydrogens (primary N) is 1. The Morgan fingerprint density at radius 3 is 2.67 bits per heavy atom. The summed E-state index contributed by atoms with van der Waals surface area (Å²) in [5.41, 5.74) is 4.89. The average molecular weight is 232 g/mol. The number of likely N-dealkylation sites (N-methyl/N-ethyl adjacent to an activating group) is 1. The van der Waals surface area contributed by atoms with Crippen LogP contribution in [0.2, 0.25) is 0 Å². The molecule has 1 aliphatic heterocycles. The Hall–Kier alpha value is -1.34. The molecule has 7 heteroatoms. The number of nitrogens with zero attached hydrogens (tertiary/aromatic N) is 1. The van der Waals surface area contributed by atoms with Crippen LogP contribution in [0.25, 0.3) is 0 Å². The molecule has 1 aliphatic rings. The van der Waals surface area contributed by atoms with Crippen molar-refractivity contribution in [2.24, 2.45) is 5.73 Å². The molecule has 0 bridgehead atoms. The largest absolute Gasteiger partial charge is 0.366 e. The summed E-state index contributed by atoms with van der Waals surface area (Å²) < 4.78 is 31.2. The summed E-state index contributed by atoms with van der Waals surface area (Å²) in [5.74, 6) is -0.861. The second kappa shape index (κ2) is 4.03. The summed E-state index contributed by atoms with van der Waals surface area (Å²) >= 11 is 0. The van der Waals surface area contributed by atoms with Crippen LogP contribution in [0.1, 0.15) is 6.92 Å². The molecule has 0 saturated carbocycles. The Morgan fingerprint density at radius 1 is 1.67 bits per heavy atom. The number of carbonyl (C=O) groups is 1. The van der Waals surface area contributed by atoms with Crippen LogP contribution in [-0.2, 0) is 14.9 Å². The second-order valence-corrected chi connectivity index (χ2v) is 4.50. The van der Waals surface area contributed by atoms with Gasteiger partial charge in [-0.2, -0.15) is 8.42 Å². The number of primary amides is 1. The quantitative estimate of drug-likeness (QED) is 0.636. The van der Waals surface area contributed by atoms with E-state index in [1.165, 1.54) is 23.3 Å². The van der Waals surface area contributed by atoms with Gasteiger partial charge < -0.3 is 10.6 Å². The molecule has 15 heavy (non-hydrogen) atoms. The van der Waals surface area contributed by atoms with Crippen LogP contribution in [0.4, 0.5) is 0 Å². The fourth-order valence-corrected chi connectivity index (χ4v) is 2.48. The van der Waals surface area contributed by atoms with Crippen molar-refractivity contribution in [3.05, 3.63) is 23.9 Å². The molecule has 1 rings (SSSR count). The van der Waals surface area contributed by atoms with Gasteiger partial charge in [0.2, 0.25) is 5.91 Å². The number of rotatable bonds is 3. The van der Waals surface area contributed by atoms with E-state index in [9.17, 15) is 13.2 Å². The van der Waals surface area contributed by atoms with Crippen molar-refractivity contribution >= 4 is 16.0 Å². The van der Waals surface area contributed by atoms with Gasteiger partial charge >= 0.3 is 0 Å². The molecule has 0 aliphatic carbocycles. The van der Waals surface area contributed by atoms with Gasteiger partial charge in [0.15, 0.2) is 5.37 Å². The molecular weight excluding hydrogens is 220 g/mol. The number of hydrogen-bond acceptors (Lipinski definition) is 4. The highest BCUT2D eigenvalue weighted by Gasteiger charge is 2.35. The highest BCUT2D eigenvalue weighted by Crippen LogP contribution is 2.20. The van der Waals surface area contributed by atoms with Crippen LogP contribution in [0, 0.1) is 0 Å². The summed E-state index contributed by atoms with van der Waals surface area (Å²) in [6, 6.07) is 0. The van der Waals surface area contributed by atoms with Crippen molar-refractivity contribution in [3.8, 4) is 0 Å². The Bertz CT molecular complexity index is 424. The minimum Gasteiger partial charge on any atom is -0.366 e. The molecule has 0 radical (unpaired) electrons. The van der Waals surface area contributed by atoms with E-state index in [-0.39, 0.29) is 5.57 Å². The monoisotopic (exact) mass is 232 g/mol. The molecule has 0 aromatic carbocycles. The van der Waals surface area contributed by atoms with Crippen LogP contribution >= 0.6 is 0 Å². The van der Waals surface area contributed by atoms with Crippen LogP contribution in [0.15, 0.2) is 23.9 Å². The summed E-state index contributed by atoms with van der Waals surface area (Å²) in [4.78, 5) is 12.3. The van der Waals surface area contributed by atoms with Crippen LogP contribution in [0.5, 0.6) is 0 Å². The van der Waals surface area contributed by atoms with Gasteiger partial charge in [0.1, 0.15) is 0 Å². The van der Waals surface area contributed by atoms with Crippen molar-refractivity contribution < 1.29 is 17.8 Å². The Kier molecular flexibility index (Phi) is 3.15. The Morgan fingerprint density at radius 2 is 2.27 bits per heavy atom. The molecular formula is C8H12N2O4S. The first-order chi connectivity index (χ1) is 6.88. The lowest BCUT2D eigenvalue weighted by atomic mass is 10.1. The van der Waals surface area contributed by atoms with E-state index in [4.69, 9.17) is 10.3 Å². The Balaban J connectivity index is 3.21. The minimum absolute atomic E-state index is 0.137. The minimum atomic E-state index is -4.38. The van der Waals surface area contributed by atoms with Gasteiger partial charge in [0.25, 0.3) is 10.1 Å². The fraction of sp³-hybridized carbons (Fsp3) is 0.375. The normalized spacial score (nSPS) is 21.3. The van der Waals surface area contributed by atoms with E-state index >= 15 is 0 Å². The molecule has 6 nitrogen and oxygen atoms in total. The third kappa shape index (κ3) is 2.37. The number of hydrogen-bond donors (Lipinski definition) is 2. The first-order valence-corrected chi connectivity index (χ1v) is 5.78. The van der Waals surface area contributed by atoms with Gasteiger partial charge in [-0.3, -0.25) is 9.35 Å². The summed E-state index contributed by atoms with van der Waals surface area (Å²) in [6.45, 7) is 2.04. The maximum absolute atomic E-state index is 11.1. The molecule has 3 N–H and O–H groups in total. The lowest BCUT2D eigenvalue weighted by molar-refractivity contribution is -0.115. The lowest BCUT2D eigenvalue weighted by Crippen LogP contribution is -2.43. The fourth-order valence-electron chi connectivity index (χ4n) is 1.40. The van der Waals surface area contributed by atoms with Crippen LogP contribution in [-0.4, -0.2) is 35.7 Å². The topological polar surface area (TPSA) is 101 Å². The summed E-state index contributed by atoms with van der Waals surface area (Å²) in [6.07, 6.45) is 4.27. The second-order valence-electron chi connectivity index (χ2n) is 3.03. The van der Waals surface area contributed by atoms with E-state index in [0.717, 1.165) is 0 Å². The summed E-state index contributed by atoms with van der Waals surface area (Å²) in [5, 5.41) is -1.40. The zero-order valence-corrected chi connectivity index (χ0v) is 8.94. The van der Waals surface area contributed by atoms with Crippen LogP contribution < -0.4 is 5.73 Å². The van der Waals surface area contributed by atoms with Crippen molar-refractivity contribution in [1.29, 1.82) is 0 Å². The van der Waals surface area contributed by atoms with Crippen molar-refractivity contribution in [2.75, 3.05) is 6.54 Å². The third-order valence-electron chi connectivity index (χ3n) is 2.05. The highest BCUT2D eigenvalue weighted by molar-refractivity contribution is 7.86. The van der Waals surface area contributed by atoms with E-state index in [2.05, 4.69) is 0 Å². The van der Waals surface area contributed by atoms with Crippen molar-refractivity contribution in [3.63, 3.8) is 0 Å². The predicted octanol–water partition coefficient (Wildman–Crippen LogP) is -0.539. The van der Waals surface area contributed by atoms with Gasteiger partial charge in [0, 0.05) is 12.7 Å². The van der Waals surface area contributed by atoms with E-state index < -0.39 is 21.4 Å². The predicted molar refractivity (Wildman–Crippen MR) is 54.1 cm³/mol. The zero-order valence-electron chi connectivity index (χ0n) is 8.12. The molecule has 1 amide bonds. The van der Waals surface area contributed by atoms with E-state index in [0.29, 0.717) is 6.54 Å². The average Bonchev–Trinajstić information content (AvgIpc) is 2.15. The number of allylic oxidation sites excluding steroid dienone is 2. The van der Waals surface area contributed by atoms with Crippen molar-refractivity contribution in [2.45, 2.75) is 12.3 Å². The van der Waals surface area contributed by atoms with Gasteiger partial charge in [-0.1, -0.05) is 0 Å². The van der Waals surface area contributed by atoms with Gasteiger partial charge in [-0.25, -0.2) is 0 Å². The molecule has 1 heterocycles. The molecule has 1 unspecified atom stereocenters.